The molecule has 0 bridgehead atoms. The van der Waals surface area contributed by atoms with Gasteiger partial charge in [0.25, 0.3) is 21.2 Å². The summed E-state index contributed by atoms with van der Waals surface area (Å²) < 4.78 is 64.1. The van der Waals surface area contributed by atoms with Crippen molar-refractivity contribution in [3.05, 3.63) is 16.7 Å². The molecule has 0 spiro atoms. The molecule has 180 valence electrons. The summed E-state index contributed by atoms with van der Waals surface area (Å²) in [6.07, 6.45) is -6.76. The summed E-state index contributed by atoms with van der Waals surface area (Å²) in [6, 6.07) is 0. The Bertz CT molecular complexity index is 1210. The Morgan fingerprint density at radius 3 is 2.53 bits per heavy atom. The van der Waals surface area contributed by atoms with E-state index in [9.17, 15) is 47.6 Å². The fraction of sp³-hybridized carbons (Fsp3) is 0.500. The smallest absolute Gasteiger partial charge is 0.280 e. The van der Waals surface area contributed by atoms with Gasteiger partial charge in [-0.15, -0.1) is 0 Å². The summed E-state index contributed by atoms with van der Waals surface area (Å²) in [4.78, 5) is 64.7. The van der Waals surface area contributed by atoms with Crippen molar-refractivity contribution < 1.29 is 60.6 Å². The monoisotopic (exact) mass is 521 g/mol. The number of aromatic amines is 1. The minimum absolute atomic E-state index is 0.227. The van der Waals surface area contributed by atoms with Gasteiger partial charge >= 0.3 is 0 Å². The number of halogens is 1. The van der Waals surface area contributed by atoms with Crippen LogP contribution in [-0.4, -0.2) is 49.6 Å². The lowest BCUT2D eigenvalue weighted by Crippen LogP contribution is -2.32. The Balaban J connectivity index is 1.72. The highest BCUT2D eigenvalue weighted by Crippen LogP contribution is 2.60. The fourth-order valence-electron chi connectivity index (χ4n) is 2.64. The van der Waals surface area contributed by atoms with Gasteiger partial charge in [-0.1, -0.05) is 0 Å². The number of H-pyrrole nitrogens is 1. The van der Waals surface area contributed by atoms with Gasteiger partial charge in [0.15, 0.2) is 23.6 Å². The molecule has 6 unspecified atom stereocenters. The van der Waals surface area contributed by atoms with Crippen molar-refractivity contribution in [3.63, 3.8) is 0 Å². The molecule has 32 heavy (non-hydrogen) atoms. The van der Waals surface area contributed by atoms with Crippen LogP contribution in [0, 0.1) is 0 Å². The van der Waals surface area contributed by atoms with Gasteiger partial charge in [0.1, 0.15) is 12.2 Å². The summed E-state index contributed by atoms with van der Waals surface area (Å²) in [5.41, 5.74) is 4.19. The summed E-state index contributed by atoms with van der Waals surface area (Å²) in [5.74, 6) is -0.340. The second-order valence-corrected chi connectivity index (χ2v) is 10.3. The van der Waals surface area contributed by atoms with E-state index in [0.29, 0.717) is 0 Å². The maximum atomic E-state index is 14.6. The van der Waals surface area contributed by atoms with Gasteiger partial charge < -0.3 is 44.2 Å². The molecule has 1 saturated heterocycles. The van der Waals surface area contributed by atoms with E-state index in [1.165, 1.54) is 0 Å². The lowest BCUT2D eigenvalue weighted by atomic mass is 10.1. The molecule has 2 aromatic rings. The quantitative estimate of drug-likeness (QED) is 0.280. The molecule has 0 aliphatic carbocycles. The highest BCUT2D eigenvalue weighted by molar-refractivity contribution is 7.64. The first-order chi connectivity index (χ1) is 14.6. The van der Waals surface area contributed by atoms with Crippen LogP contribution in [0.25, 0.3) is 11.2 Å². The number of imidazole rings is 1. The molecule has 0 radical (unpaired) electrons. The van der Waals surface area contributed by atoms with Gasteiger partial charge in [-0.3, -0.25) is 27.8 Å². The van der Waals surface area contributed by atoms with Crippen LogP contribution in [-0.2, 0) is 31.6 Å². The van der Waals surface area contributed by atoms with Crippen LogP contribution in [0.1, 0.15) is 6.23 Å². The molecular formula is C10H11FN5O13P3-4. The molecule has 1 fully saturated rings. The average molecular weight is 521 g/mol. The largest absolute Gasteiger partial charge is 0.790 e. The van der Waals surface area contributed by atoms with Crippen molar-refractivity contribution in [2.24, 2.45) is 0 Å². The van der Waals surface area contributed by atoms with Gasteiger partial charge in [0.05, 0.1) is 20.8 Å². The summed E-state index contributed by atoms with van der Waals surface area (Å²) in [5, 5.41) is 9.97. The Morgan fingerprint density at radius 2 is 1.91 bits per heavy atom. The third-order valence-electron chi connectivity index (χ3n) is 3.82. The number of nitrogens with two attached hydrogens (primary N) is 1. The van der Waals surface area contributed by atoms with Crippen LogP contribution in [0.2, 0.25) is 0 Å². The number of hydrogen-bond donors (Lipinski definition) is 3. The number of ether oxygens (including phenoxy) is 1. The van der Waals surface area contributed by atoms with Crippen molar-refractivity contribution >= 4 is 40.6 Å². The fourth-order valence-corrected chi connectivity index (χ4v) is 5.51. The van der Waals surface area contributed by atoms with E-state index in [2.05, 4.69) is 28.1 Å². The number of phosphoric ester groups is 1. The summed E-state index contributed by atoms with van der Waals surface area (Å²) in [6.45, 7) is -1.21. The Morgan fingerprint density at radius 1 is 1.25 bits per heavy atom. The zero-order chi connectivity index (χ0) is 24.1. The molecule has 18 nitrogen and oxygen atoms in total. The highest BCUT2D eigenvalue weighted by Gasteiger charge is 2.46. The first kappa shape index (κ1) is 25.0. The Kier molecular flexibility index (Phi) is 6.76. The van der Waals surface area contributed by atoms with Crippen LogP contribution in [0.5, 0.6) is 0 Å². The number of aromatic nitrogens is 4. The Hall–Kier alpha value is -1.59. The van der Waals surface area contributed by atoms with Crippen LogP contribution in [0.3, 0.4) is 0 Å². The number of rotatable bonds is 8. The van der Waals surface area contributed by atoms with Crippen molar-refractivity contribution in [1.29, 1.82) is 0 Å². The molecule has 1 aliphatic rings. The molecule has 3 rings (SSSR count). The van der Waals surface area contributed by atoms with Crippen LogP contribution >= 0.6 is 23.5 Å². The van der Waals surface area contributed by atoms with Gasteiger partial charge in [-0.25, -0.2) is 13.7 Å². The zero-order valence-electron chi connectivity index (χ0n) is 15.1. The number of hydrogen-bond acceptors (Lipinski definition) is 16. The lowest BCUT2D eigenvalue weighted by Gasteiger charge is -2.37. The average Bonchev–Trinajstić information content (AvgIpc) is 3.12. The maximum Gasteiger partial charge on any atom is 0.280 e. The van der Waals surface area contributed by atoms with Gasteiger partial charge in [-0.2, -0.15) is 4.98 Å². The van der Waals surface area contributed by atoms with Crippen molar-refractivity contribution in [2.75, 3.05) is 12.3 Å². The molecule has 4 N–H and O–H groups in total. The zero-order valence-corrected chi connectivity index (χ0v) is 17.8. The molecule has 3 heterocycles. The lowest BCUT2D eigenvalue weighted by molar-refractivity contribution is -0.339. The van der Waals surface area contributed by atoms with Crippen molar-refractivity contribution in [3.8, 4) is 0 Å². The van der Waals surface area contributed by atoms with Crippen LogP contribution in [0.15, 0.2) is 11.1 Å². The predicted octanol–water partition coefficient (Wildman–Crippen LogP) is -3.89. The molecular weight excluding hydrogens is 510 g/mol. The van der Waals surface area contributed by atoms with E-state index in [0.717, 1.165) is 10.9 Å². The van der Waals surface area contributed by atoms with E-state index in [-0.39, 0.29) is 17.1 Å². The maximum absolute atomic E-state index is 14.6. The van der Waals surface area contributed by atoms with Crippen LogP contribution < -0.4 is 30.9 Å². The summed E-state index contributed by atoms with van der Waals surface area (Å²) >= 11 is 0. The van der Waals surface area contributed by atoms with Gasteiger partial charge in [0.2, 0.25) is 5.95 Å². The topological polar surface area (TPSA) is 290 Å². The van der Waals surface area contributed by atoms with Gasteiger partial charge in [0, 0.05) is 0 Å². The van der Waals surface area contributed by atoms with Crippen LogP contribution in [0.4, 0.5) is 10.3 Å². The molecule has 6 atom stereocenters. The minimum Gasteiger partial charge on any atom is -0.790 e. The van der Waals surface area contributed by atoms with Gasteiger partial charge in [-0.05, 0) is 0 Å². The normalized spacial score (nSPS) is 27.9. The Labute approximate surface area is 175 Å². The molecule has 0 amide bonds. The third kappa shape index (κ3) is 5.66. The number of nitrogens with zero attached hydrogens (tertiary/aromatic N) is 3. The SMILES string of the molecule is Nc1nc2c(ncn2C2OC(COP(=O)([O-])OP(=O)([O-])OP(=O)([O-])[O-])C(O)C2F)c(=O)[nH]1. The first-order valence-electron chi connectivity index (χ1n) is 8.00. The number of alkyl halides is 1. The van der Waals surface area contributed by atoms with E-state index >= 15 is 0 Å². The predicted molar refractivity (Wildman–Crippen MR) is 88.3 cm³/mol. The van der Waals surface area contributed by atoms with E-state index in [1.807, 2.05) is 0 Å². The first-order valence-corrected chi connectivity index (χ1v) is 12.4. The third-order valence-corrected chi connectivity index (χ3v) is 7.48. The molecule has 22 heteroatoms. The number of nitrogens with one attached hydrogen (secondary N) is 1. The molecule has 0 saturated carbocycles. The number of anilines is 1. The van der Waals surface area contributed by atoms with E-state index in [1.54, 1.807) is 0 Å². The van der Waals surface area contributed by atoms with E-state index in [4.69, 9.17) is 10.5 Å². The number of aliphatic hydroxyl groups is 1. The minimum atomic E-state index is -6.19. The second-order valence-electron chi connectivity index (χ2n) is 6.08. The highest BCUT2D eigenvalue weighted by atomic mass is 31.3. The molecule has 0 aromatic carbocycles. The second kappa shape index (κ2) is 8.64. The standard InChI is InChI=1S/C10H15FN5O13P3/c11-4-6(17)3(1-26-31(22,23)29-32(24,25)28-30(19,20)21)27-9(4)16-2-13-5-7(16)14-10(12)15-8(5)18/h2-4,6,9,17H,1H2,(H,22,23)(H,24,25)(H2,19,20,21)(H3,12,14,15,18)/p-4. The number of fused-ring (bicyclic) bond motifs is 1. The molecule has 2 aromatic heterocycles. The summed E-state index contributed by atoms with van der Waals surface area (Å²) in [7, 11) is -18.3. The number of nitrogen functional groups attached to an aromatic ring is 1. The van der Waals surface area contributed by atoms with E-state index < -0.39 is 60.2 Å². The number of phosphoric acid groups is 3. The molecule has 1 aliphatic heterocycles. The van der Waals surface area contributed by atoms with Crippen molar-refractivity contribution in [2.45, 2.75) is 24.6 Å². The van der Waals surface area contributed by atoms with Crippen molar-refractivity contribution in [1.82, 2.24) is 19.5 Å². The number of aliphatic hydroxyl groups excluding tert-OH is 1.